The summed E-state index contributed by atoms with van der Waals surface area (Å²) in [5, 5.41) is 20.2. The van der Waals surface area contributed by atoms with E-state index in [4.69, 9.17) is 0 Å². The number of sulfonamides is 1. The second kappa shape index (κ2) is 5.36. The molecule has 1 aromatic carbocycles. The first-order valence-corrected chi connectivity index (χ1v) is 8.05. The fraction of sp³-hybridized carbons (Fsp3) is 0.538. The maximum Gasteiger partial charge on any atom is 0.273 e. The second-order valence-corrected chi connectivity index (χ2v) is 7.39. The zero-order chi connectivity index (χ0) is 15.8. The van der Waals surface area contributed by atoms with E-state index < -0.39 is 14.9 Å². The van der Waals surface area contributed by atoms with E-state index in [1.54, 1.807) is 13.8 Å². The van der Waals surface area contributed by atoms with Gasteiger partial charge in [-0.05, 0) is 38.3 Å². The van der Waals surface area contributed by atoms with Crippen molar-refractivity contribution in [1.82, 2.24) is 4.72 Å². The van der Waals surface area contributed by atoms with Crippen LogP contribution in [0.3, 0.4) is 0 Å². The Morgan fingerprint density at radius 3 is 2.48 bits per heavy atom. The number of aryl methyl sites for hydroxylation is 1. The van der Waals surface area contributed by atoms with Crippen LogP contribution in [-0.2, 0) is 10.0 Å². The van der Waals surface area contributed by atoms with E-state index in [9.17, 15) is 23.6 Å². The molecule has 1 aromatic rings. The van der Waals surface area contributed by atoms with E-state index in [0.717, 1.165) is 18.9 Å². The molecule has 21 heavy (non-hydrogen) atoms. The summed E-state index contributed by atoms with van der Waals surface area (Å²) in [6, 6.07) is 2.49. The van der Waals surface area contributed by atoms with Crippen molar-refractivity contribution in [2.45, 2.75) is 31.6 Å². The number of nitro groups is 1. The minimum absolute atomic E-state index is 0.0669. The van der Waals surface area contributed by atoms with E-state index in [-0.39, 0.29) is 29.1 Å². The van der Waals surface area contributed by atoms with Crippen molar-refractivity contribution in [1.29, 1.82) is 0 Å². The van der Waals surface area contributed by atoms with Crippen LogP contribution in [0.25, 0.3) is 0 Å². The minimum atomic E-state index is -3.82. The molecule has 1 fully saturated rings. The van der Waals surface area contributed by atoms with E-state index in [0.29, 0.717) is 11.1 Å². The molecule has 0 amide bonds. The third kappa shape index (κ3) is 3.22. The molecule has 1 aliphatic rings. The highest BCUT2D eigenvalue weighted by molar-refractivity contribution is 7.89. The third-order valence-corrected chi connectivity index (χ3v) is 5.43. The van der Waals surface area contributed by atoms with Crippen LogP contribution < -0.4 is 4.72 Å². The average Bonchev–Trinajstić information content (AvgIpc) is 3.20. The summed E-state index contributed by atoms with van der Waals surface area (Å²) >= 11 is 0. The topological polar surface area (TPSA) is 110 Å². The highest BCUT2D eigenvalue weighted by Gasteiger charge is 2.42. The number of hydrogen-bond acceptors (Lipinski definition) is 5. The van der Waals surface area contributed by atoms with Crippen molar-refractivity contribution in [3.05, 3.63) is 33.4 Å². The maximum atomic E-state index is 12.2. The molecule has 0 unspecified atom stereocenters. The van der Waals surface area contributed by atoms with Crippen molar-refractivity contribution in [2.24, 2.45) is 5.41 Å². The lowest BCUT2D eigenvalue weighted by molar-refractivity contribution is -0.385. The Morgan fingerprint density at radius 1 is 1.38 bits per heavy atom. The molecule has 2 rings (SSSR count). The van der Waals surface area contributed by atoms with Gasteiger partial charge in [0.05, 0.1) is 9.82 Å². The lowest BCUT2D eigenvalue weighted by Crippen LogP contribution is -2.32. The van der Waals surface area contributed by atoms with Crippen molar-refractivity contribution < 1.29 is 18.4 Å². The van der Waals surface area contributed by atoms with Gasteiger partial charge in [-0.15, -0.1) is 0 Å². The zero-order valence-electron chi connectivity index (χ0n) is 11.9. The number of nitro benzene ring substituents is 1. The van der Waals surface area contributed by atoms with Crippen molar-refractivity contribution in [3.63, 3.8) is 0 Å². The molecule has 1 aliphatic carbocycles. The molecule has 0 saturated heterocycles. The van der Waals surface area contributed by atoms with Gasteiger partial charge in [0, 0.05) is 30.2 Å². The Labute approximate surface area is 123 Å². The van der Waals surface area contributed by atoms with E-state index in [1.165, 1.54) is 6.07 Å². The molecule has 8 heteroatoms. The monoisotopic (exact) mass is 314 g/mol. The second-order valence-electron chi connectivity index (χ2n) is 5.62. The molecular weight excluding hydrogens is 296 g/mol. The first kappa shape index (κ1) is 15.9. The van der Waals surface area contributed by atoms with Crippen LogP contribution in [-0.4, -0.2) is 31.6 Å². The summed E-state index contributed by atoms with van der Waals surface area (Å²) in [6.45, 7) is 3.30. The van der Waals surface area contributed by atoms with Crippen LogP contribution in [0.5, 0.6) is 0 Å². The molecule has 2 N–H and O–H groups in total. The van der Waals surface area contributed by atoms with Gasteiger partial charge in [-0.25, -0.2) is 13.1 Å². The molecule has 116 valence electrons. The van der Waals surface area contributed by atoms with E-state index in [1.807, 2.05) is 0 Å². The first-order valence-electron chi connectivity index (χ1n) is 6.57. The van der Waals surface area contributed by atoms with Gasteiger partial charge in [-0.2, -0.15) is 0 Å². The van der Waals surface area contributed by atoms with Gasteiger partial charge in [-0.3, -0.25) is 10.1 Å². The predicted molar refractivity (Wildman–Crippen MR) is 76.5 cm³/mol. The Hall–Kier alpha value is -1.51. The number of rotatable bonds is 6. The summed E-state index contributed by atoms with van der Waals surface area (Å²) in [5.74, 6) is 0. The predicted octanol–water partition coefficient (Wildman–Crippen LogP) is 1.26. The standard InChI is InChI=1S/C13H18N2O5S/c1-9-5-11(6-12(10(9)2)15(17)18)21(19,20)14-7-13(8-16)3-4-13/h5-6,14,16H,3-4,7-8H2,1-2H3. The largest absolute Gasteiger partial charge is 0.396 e. The number of aliphatic hydroxyl groups is 1. The summed E-state index contributed by atoms with van der Waals surface area (Å²) < 4.78 is 26.9. The number of aliphatic hydroxyl groups excluding tert-OH is 1. The Kier molecular flexibility index (Phi) is 4.05. The molecule has 7 nitrogen and oxygen atoms in total. The van der Waals surface area contributed by atoms with Crippen molar-refractivity contribution in [2.75, 3.05) is 13.2 Å². The highest BCUT2D eigenvalue weighted by Crippen LogP contribution is 2.44. The zero-order valence-corrected chi connectivity index (χ0v) is 12.7. The first-order chi connectivity index (χ1) is 9.71. The fourth-order valence-electron chi connectivity index (χ4n) is 2.05. The lowest BCUT2D eigenvalue weighted by atomic mass is 10.1. The third-order valence-electron chi connectivity index (χ3n) is 4.05. The molecule has 0 atom stereocenters. The molecule has 1 saturated carbocycles. The number of nitrogens with one attached hydrogen (secondary N) is 1. The number of benzene rings is 1. The Bertz CT molecular complexity index is 680. The number of hydrogen-bond donors (Lipinski definition) is 2. The summed E-state index contributed by atoms with van der Waals surface area (Å²) in [5.41, 5.74) is 0.429. The van der Waals surface area contributed by atoms with Crippen molar-refractivity contribution >= 4 is 15.7 Å². The fourth-order valence-corrected chi connectivity index (χ4v) is 3.31. The maximum absolute atomic E-state index is 12.2. The van der Waals surface area contributed by atoms with Crippen molar-refractivity contribution in [3.8, 4) is 0 Å². The van der Waals surface area contributed by atoms with Crippen LogP contribution in [0.15, 0.2) is 17.0 Å². The van der Waals surface area contributed by atoms with Crippen LogP contribution >= 0.6 is 0 Å². The molecule has 0 spiro atoms. The molecule has 0 heterocycles. The Balaban J connectivity index is 2.30. The van der Waals surface area contributed by atoms with Gasteiger partial charge in [0.2, 0.25) is 10.0 Å². The van der Waals surface area contributed by atoms with Gasteiger partial charge in [0.25, 0.3) is 5.69 Å². The Morgan fingerprint density at radius 2 is 2.00 bits per heavy atom. The van der Waals surface area contributed by atoms with Crippen LogP contribution in [0.4, 0.5) is 5.69 Å². The molecule has 0 bridgehead atoms. The van der Waals surface area contributed by atoms with Gasteiger partial charge < -0.3 is 5.11 Å². The van der Waals surface area contributed by atoms with Crippen LogP contribution in [0.1, 0.15) is 24.0 Å². The van der Waals surface area contributed by atoms with Crippen LogP contribution in [0, 0.1) is 29.4 Å². The van der Waals surface area contributed by atoms with E-state index >= 15 is 0 Å². The lowest BCUT2D eigenvalue weighted by Gasteiger charge is -2.14. The smallest absolute Gasteiger partial charge is 0.273 e. The van der Waals surface area contributed by atoms with Gasteiger partial charge >= 0.3 is 0 Å². The summed E-state index contributed by atoms with van der Waals surface area (Å²) in [4.78, 5) is 10.3. The normalized spacial score (nSPS) is 16.7. The average molecular weight is 314 g/mol. The van der Waals surface area contributed by atoms with E-state index in [2.05, 4.69) is 4.72 Å². The van der Waals surface area contributed by atoms with Crippen LogP contribution in [0.2, 0.25) is 0 Å². The summed E-state index contributed by atoms with van der Waals surface area (Å²) in [6.07, 6.45) is 1.55. The van der Waals surface area contributed by atoms with Gasteiger partial charge in [0.1, 0.15) is 0 Å². The van der Waals surface area contributed by atoms with Gasteiger partial charge in [-0.1, -0.05) is 0 Å². The molecular formula is C13H18N2O5S. The van der Waals surface area contributed by atoms with Gasteiger partial charge in [0.15, 0.2) is 0 Å². The molecule has 0 aliphatic heterocycles. The minimum Gasteiger partial charge on any atom is -0.396 e. The number of nitrogens with zero attached hydrogens (tertiary/aromatic N) is 1. The molecule has 0 aromatic heterocycles. The summed E-state index contributed by atoms with van der Waals surface area (Å²) in [7, 11) is -3.82. The highest BCUT2D eigenvalue weighted by atomic mass is 32.2. The quantitative estimate of drug-likeness (QED) is 0.607. The SMILES string of the molecule is Cc1cc(S(=O)(=O)NCC2(CO)CC2)cc([N+](=O)[O-])c1C. The molecule has 0 radical (unpaired) electrons.